The number of benzene rings is 2. The Bertz CT molecular complexity index is 2660. The number of nitrogens with two attached hydrogens (primary N) is 6. The van der Waals surface area contributed by atoms with E-state index in [1.165, 1.54) is 24.8 Å². The highest BCUT2D eigenvalue weighted by Gasteiger charge is 2.41. The van der Waals surface area contributed by atoms with Crippen LogP contribution >= 0.6 is 0 Å². The van der Waals surface area contributed by atoms with E-state index in [4.69, 9.17) is 34.4 Å². The highest BCUT2D eigenvalue weighted by atomic mass is 32.2. The molecule has 0 spiro atoms. The second-order valence-electron chi connectivity index (χ2n) is 20.5. The number of nitrogens with one attached hydrogen (secondary N) is 7. The summed E-state index contributed by atoms with van der Waals surface area (Å²) in [6, 6.07) is 0.452. The van der Waals surface area contributed by atoms with Crippen molar-refractivity contribution in [3.63, 3.8) is 0 Å². The number of nitrogens with zero attached hydrogens (tertiary/aromatic N) is 4. The van der Waals surface area contributed by atoms with Crippen LogP contribution < -0.4 is 75.9 Å². The zero-order valence-electron chi connectivity index (χ0n) is 47.0. The fraction of sp³-hybridized carbons (Fsp3) is 0.608. The van der Waals surface area contributed by atoms with Gasteiger partial charge in [-0.3, -0.25) is 48.3 Å². The molecule has 1 aliphatic rings. The SMILES string of the molecule is CC(C)C[C@H](NS(=O)(=O)c1cccc2c(N(C)C)cccc12)C(=O)N1CCC[C@H]1C(=O)N[C@@H](CCCCN)C(=O)N[C@H](C(=O)NCC(=O)N[C@H](C(=O)N[C@@H](CCCN=C(N)N)C(=O)N[C@@H](CCCN=C(N)N)C(N)=O)[C@@H](C)O)[C@@H](C)O. The van der Waals surface area contributed by atoms with Crippen LogP contribution in [0.25, 0.3) is 10.8 Å². The zero-order valence-corrected chi connectivity index (χ0v) is 47.8. The number of rotatable bonds is 34. The summed E-state index contributed by atoms with van der Waals surface area (Å²) in [5, 5.41) is 37.1. The van der Waals surface area contributed by atoms with E-state index in [0.717, 1.165) is 5.69 Å². The van der Waals surface area contributed by atoms with Crippen LogP contribution in [0.4, 0.5) is 5.69 Å². The Morgan fingerprint density at radius 2 is 1.22 bits per heavy atom. The number of amides is 8. The molecule has 1 fully saturated rings. The van der Waals surface area contributed by atoms with E-state index in [9.17, 15) is 57.0 Å². The first-order chi connectivity index (χ1) is 38.1. The van der Waals surface area contributed by atoms with Gasteiger partial charge in [0.05, 0.1) is 23.6 Å². The van der Waals surface area contributed by atoms with Crippen LogP contribution in [-0.2, 0) is 48.4 Å². The monoisotopic (exact) mass is 1160 g/mol. The molecule has 1 heterocycles. The van der Waals surface area contributed by atoms with E-state index in [-0.39, 0.29) is 93.9 Å². The standard InChI is InChI=1S/C51H85N17O12S/c1-28(2)26-36(66-81(79,80)39-21-10-14-31-32(39)15-9-19-37(31)67(5)6)49(78)68-25-13-20-38(68)46(75)62-34(16-7-8-22-52)45(74)65-41(29(3)69)47(76)60-27-40(71)64-42(30(4)70)48(77)63-35(18-12-24-59-51(56)57)44(73)61-33(43(53)72)17-11-23-58-50(54)55/h9-10,14-15,19,21,28-30,33-36,38,41-42,66,69-70H,7-8,11-13,16-18,20,22-27,52H2,1-6H3,(H2,53,72)(H,60,76)(H,61,73)(H,62,75)(H,63,77)(H,64,71)(H,65,74)(H4,54,55,58)(H4,56,57,59)/t29-,30-,33+,34+,35+,36+,38+,41+,42+/m1/s1. The third-order valence-electron chi connectivity index (χ3n) is 13.1. The van der Waals surface area contributed by atoms with Gasteiger partial charge in [-0.1, -0.05) is 38.1 Å². The number of guanidine groups is 2. The van der Waals surface area contributed by atoms with Gasteiger partial charge < -0.3 is 86.3 Å². The smallest absolute Gasteiger partial charge is 0.245 e. The second-order valence-corrected chi connectivity index (χ2v) is 22.2. The molecule has 0 bridgehead atoms. The van der Waals surface area contributed by atoms with Gasteiger partial charge in [-0.05, 0) is 103 Å². The number of carbonyl (C=O) groups is 8. The molecule has 2 aromatic rings. The molecule has 8 amide bonds. The number of hydrogen-bond donors (Lipinski definition) is 15. The highest BCUT2D eigenvalue weighted by Crippen LogP contribution is 2.31. The second kappa shape index (κ2) is 32.7. The zero-order chi connectivity index (χ0) is 60.7. The first kappa shape index (κ1) is 67.9. The summed E-state index contributed by atoms with van der Waals surface area (Å²) in [6.07, 6.45) is -1.41. The van der Waals surface area contributed by atoms with Crippen molar-refractivity contribution in [2.45, 2.75) is 151 Å². The van der Waals surface area contributed by atoms with E-state index in [1.54, 1.807) is 24.3 Å². The number of aliphatic hydroxyl groups excluding tert-OH is 2. The average Bonchev–Trinajstić information content (AvgIpc) is 4.06. The minimum Gasteiger partial charge on any atom is -0.391 e. The molecule has 9 atom stereocenters. The number of anilines is 1. The lowest BCUT2D eigenvalue weighted by atomic mass is 10.0. The number of carbonyl (C=O) groups excluding carboxylic acids is 8. The summed E-state index contributed by atoms with van der Waals surface area (Å²) in [6.45, 7) is 5.68. The van der Waals surface area contributed by atoms with Crippen LogP contribution in [0.5, 0.6) is 0 Å². The first-order valence-electron chi connectivity index (χ1n) is 26.9. The fourth-order valence-electron chi connectivity index (χ4n) is 9.00. The van der Waals surface area contributed by atoms with Crippen LogP contribution in [0.3, 0.4) is 0 Å². The molecule has 30 heteroatoms. The number of aliphatic hydroxyl groups is 2. The molecule has 81 heavy (non-hydrogen) atoms. The van der Waals surface area contributed by atoms with Gasteiger partial charge in [0, 0.05) is 50.2 Å². The van der Waals surface area contributed by atoms with Crippen molar-refractivity contribution < 1.29 is 57.0 Å². The van der Waals surface area contributed by atoms with E-state index in [0.29, 0.717) is 30.0 Å². The molecule has 0 unspecified atom stereocenters. The third kappa shape index (κ3) is 21.5. The number of unbranched alkanes of at least 4 members (excludes halogenated alkanes) is 1. The van der Waals surface area contributed by atoms with E-state index < -0.39 is 118 Å². The summed E-state index contributed by atoms with van der Waals surface area (Å²) < 4.78 is 31.0. The van der Waals surface area contributed by atoms with E-state index >= 15 is 0 Å². The van der Waals surface area contributed by atoms with Gasteiger partial charge in [0.25, 0.3) is 0 Å². The number of primary amides is 1. The number of fused-ring (bicyclic) bond motifs is 1. The van der Waals surface area contributed by atoms with Crippen molar-refractivity contribution in [2.24, 2.45) is 50.3 Å². The molecule has 0 aliphatic carbocycles. The van der Waals surface area contributed by atoms with Crippen molar-refractivity contribution in [2.75, 3.05) is 51.7 Å². The van der Waals surface area contributed by atoms with Crippen molar-refractivity contribution in [1.29, 1.82) is 0 Å². The topological polar surface area (TPSA) is 483 Å². The number of likely N-dealkylation sites (tertiary alicyclic amines) is 1. The largest absolute Gasteiger partial charge is 0.391 e. The minimum absolute atomic E-state index is 0.0103. The number of sulfonamides is 1. The van der Waals surface area contributed by atoms with Crippen LogP contribution in [0.15, 0.2) is 51.3 Å². The molecular formula is C51H85N17O12S. The van der Waals surface area contributed by atoms with Gasteiger partial charge in [0.1, 0.15) is 42.3 Å². The Balaban J connectivity index is 1.75. The average molecular weight is 1160 g/mol. The molecule has 1 saturated heterocycles. The third-order valence-corrected chi connectivity index (χ3v) is 14.6. The van der Waals surface area contributed by atoms with Gasteiger partial charge in [0.2, 0.25) is 57.3 Å². The van der Waals surface area contributed by atoms with Crippen LogP contribution in [0.2, 0.25) is 0 Å². The van der Waals surface area contributed by atoms with Crippen LogP contribution in [0.1, 0.15) is 91.9 Å². The summed E-state index contributed by atoms with van der Waals surface area (Å²) in [5.41, 5.74) is 33.6. The predicted molar refractivity (Wildman–Crippen MR) is 305 cm³/mol. The van der Waals surface area contributed by atoms with E-state index in [1.807, 2.05) is 38.9 Å². The normalized spacial score (nSPS) is 16.3. The van der Waals surface area contributed by atoms with Gasteiger partial charge in [0.15, 0.2) is 11.9 Å². The molecule has 0 saturated carbocycles. The maximum atomic E-state index is 14.4. The molecule has 0 radical (unpaired) electrons. The summed E-state index contributed by atoms with van der Waals surface area (Å²) in [4.78, 5) is 120. The molecule has 21 N–H and O–H groups in total. The summed E-state index contributed by atoms with van der Waals surface area (Å²) >= 11 is 0. The quantitative estimate of drug-likeness (QED) is 0.0179. The number of aliphatic imine (C=N–C) groups is 2. The molecule has 2 aromatic carbocycles. The van der Waals surface area contributed by atoms with E-state index in [2.05, 4.69) is 46.6 Å². The Labute approximate surface area is 472 Å². The Hall–Kier alpha value is -7.41. The molecule has 1 aliphatic heterocycles. The molecule has 29 nitrogen and oxygen atoms in total. The number of hydrogen-bond acceptors (Lipinski definition) is 16. The maximum Gasteiger partial charge on any atom is 0.245 e. The molecule has 3 rings (SSSR count). The lowest BCUT2D eigenvalue weighted by molar-refractivity contribution is -0.141. The lowest BCUT2D eigenvalue weighted by Crippen LogP contribution is -2.61. The van der Waals surface area contributed by atoms with Crippen LogP contribution in [0, 0.1) is 5.92 Å². The van der Waals surface area contributed by atoms with Crippen molar-refractivity contribution in [1.82, 2.24) is 41.5 Å². The van der Waals surface area contributed by atoms with Gasteiger partial charge in [-0.2, -0.15) is 4.72 Å². The maximum absolute atomic E-state index is 14.4. The Morgan fingerprint density at radius 1 is 0.679 bits per heavy atom. The van der Waals surface area contributed by atoms with Gasteiger partial charge >= 0.3 is 0 Å². The predicted octanol–water partition coefficient (Wildman–Crippen LogP) is -4.39. The molecule has 0 aromatic heterocycles. The van der Waals surface area contributed by atoms with Crippen LogP contribution in [-0.4, -0.2) is 184 Å². The first-order valence-corrected chi connectivity index (χ1v) is 28.3. The Morgan fingerprint density at radius 3 is 1.79 bits per heavy atom. The summed E-state index contributed by atoms with van der Waals surface area (Å²) in [7, 11) is -0.639. The highest BCUT2D eigenvalue weighted by molar-refractivity contribution is 7.89. The minimum atomic E-state index is -4.32. The molecular weight excluding hydrogens is 1070 g/mol. The van der Waals surface area contributed by atoms with Crippen molar-refractivity contribution >= 4 is 85.7 Å². The van der Waals surface area contributed by atoms with Gasteiger partial charge in [-0.15, -0.1) is 0 Å². The lowest BCUT2D eigenvalue weighted by Gasteiger charge is -2.31. The molecule has 452 valence electrons. The van der Waals surface area contributed by atoms with Gasteiger partial charge in [-0.25, -0.2) is 8.42 Å². The summed E-state index contributed by atoms with van der Waals surface area (Å²) in [5.74, 6) is -7.71. The Kier molecular flexibility index (Phi) is 27.4. The van der Waals surface area contributed by atoms with Crippen molar-refractivity contribution in [3.8, 4) is 0 Å². The van der Waals surface area contributed by atoms with Crippen molar-refractivity contribution in [3.05, 3.63) is 36.4 Å². The fourth-order valence-corrected chi connectivity index (χ4v) is 10.4.